The molecule has 0 saturated heterocycles. The molecule has 0 aromatic heterocycles. The Hall–Kier alpha value is -0.0600. The Balaban J connectivity index is 1.93. The summed E-state index contributed by atoms with van der Waals surface area (Å²) in [4.78, 5) is 12.6. The van der Waals surface area contributed by atoms with Gasteiger partial charge in [-0.05, 0) is 37.0 Å². The maximum absolute atomic E-state index is 12.1. The molecule has 0 heterocycles. The fourth-order valence-corrected chi connectivity index (χ4v) is 4.04. The third kappa shape index (κ3) is 4.47. The third-order valence-electron chi connectivity index (χ3n) is 3.47. The Morgan fingerprint density at radius 3 is 2.74 bits per heavy atom. The molecule has 2 rings (SSSR count). The van der Waals surface area contributed by atoms with Gasteiger partial charge >= 0.3 is 0 Å². The van der Waals surface area contributed by atoms with Crippen LogP contribution in [0.25, 0.3) is 0 Å². The molecule has 1 aromatic carbocycles. The summed E-state index contributed by atoms with van der Waals surface area (Å²) in [5.41, 5.74) is 0.598. The Morgan fingerprint density at radius 2 is 2.05 bits per heavy atom. The van der Waals surface area contributed by atoms with Gasteiger partial charge in [0.25, 0.3) is 5.91 Å². The first-order chi connectivity index (χ1) is 9.06. The molecule has 0 radical (unpaired) electrons. The SMILES string of the molecule is O=C(NCC1CCCCC1Br)c1cc(Cl)cc(Br)c1. The van der Waals surface area contributed by atoms with Gasteiger partial charge in [0.05, 0.1) is 0 Å². The first kappa shape index (κ1) is 15.3. The number of hydrogen-bond donors (Lipinski definition) is 1. The van der Waals surface area contributed by atoms with E-state index in [1.807, 2.05) is 0 Å². The third-order valence-corrected chi connectivity index (χ3v) is 5.35. The summed E-state index contributed by atoms with van der Waals surface area (Å²) in [7, 11) is 0. The van der Waals surface area contributed by atoms with E-state index >= 15 is 0 Å². The number of alkyl halides is 1. The molecule has 1 fully saturated rings. The highest BCUT2D eigenvalue weighted by atomic mass is 79.9. The minimum atomic E-state index is -0.0616. The van der Waals surface area contributed by atoms with Gasteiger partial charge < -0.3 is 5.32 Å². The average molecular weight is 410 g/mol. The molecule has 19 heavy (non-hydrogen) atoms. The molecule has 0 aliphatic heterocycles. The van der Waals surface area contributed by atoms with Crippen LogP contribution in [0.15, 0.2) is 22.7 Å². The minimum Gasteiger partial charge on any atom is -0.352 e. The second-order valence-corrected chi connectivity index (χ2v) is 7.46. The number of rotatable bonds is 3. The van der Waals surface area contributed by atoms with E-state index in [0.29, 0.717) is 21.3 Å². The van der Waals surface area contributed by atoms with E-state index in [2.05, 4.69) is 37.2 Å². The van der Waals surface area contributed by atoms with Crippen molar-refractivity contribution in [2.75, 3.05) is 6.54 Å². The summed E-state index contributed by atoms with van der Waals surface area (Å²) >= 11 is 13.0. The molecule has 0 bridgehead atoms. The summed E-state index contributed by atoms with van der Waals surface area (Å²) in [6, 6.07) is 5.25. The molecule has 104 valence electrons. The predicted octanol–water partition coefficient (Wildman–Crippen LogP) is 4.79. The fraction of sp³-hybridized carbons (Fsp3) is 0.500. The summed E-state index contributed by atoms with van der Waals surface area (Å²) in [5, 5.41) is 3.57. The van der Waals surface area contributed by atoms with E-state index in [-0.39, 0.29) is 5.91 Å². The monoisotopic (exact) mass is 407 g/mol. The maximum Gasteiger partial charge on any atom is 0.251 e. The molecule has 1 saturated carbocycles. The number of amides is 1. The van der Waals surface area contributed by atoms with Gasteiger partial charge in [-0.1, -0.05) is 56.3 Å². The van der Waals surface area contributed by atoms with E-state index in [0.717, 1.165) is 11.0 Å². The van der Waals surface area contributed by atoms with Gasteiger partial charge in [-0.25, -0.2) is 0 Å². The minimum absolute atomic E-state index is 0.0616. The van der Waals surface area contributed by atoms with Gasteiger partial charge in [0, 0.05) is 26.4 Å². The van der Waals surface area contributed by atoms with Gasteiger partial charge in [-0.15, -0.1) is 0 Å². The van der Waals surface area contributed by atoms with Crippen LogP contribution >= 0.6 is 43.5 Å². The lowest BCUT2D eigenvalue weighted by atomic mass is 9.89. The molecule has 2 unspecified atom stereocenters. The largest absolute Gasteiger partial charge is 0.352 e. The lowest BCUT2D eigenvalue weighted by Crippen LogP contribution is -2.34. The summed E-state index contributed by atoms with van der Waals surface area (Å²) < 4.78 is 0.821. The normalized spacial score (nSPS) is 23.1. The van der Waals surface area contributed by atoms with E-state index < -0.39 is 0 Å². The van der Waals surface area contributed by atoms with Crippen LogP contribution in [0.5, 0.6) is 0 Å². The highest BCUT2D eigenvalue weighted by molar-refractivity contribution is 9.10. The summed E-state index contributed by atoms with van der Waals surface area (Å²) in [6.07, 6.45) is 4.91. The Morgan fingerprint density at radius 1 is 1.32 bits per heavy atom. The molecule has 1 aliphatic rings. The van der Waals surface area contributed by atoms with Crippen LogP contribution in [-0.2, 0) is 0 Å². The van der Waals surface area contributed by atoms with Crippen LogP contribution < -0.4 is 5.32 Å². The van der Waals surface area contributed by atoms with Crippen LogP contribution in [0.4, 0.5) is 0 Å². The van der Waals surface area contributed by atoms with Crippen molar-refractivity contribution in [2.45, 2.75) is 30.5 Å². The zero-order chi connectivity index (χ0) is 13.8. The number of halogens is 3. The van der Waals surface area contributed by atoms with Gasteiger partial charge in [-0.2, -0.15) is 0 Å². The molecule has 1 amide bonds. The molecule has 0 spiro atoms. The van der Waals surface area contributed by atoms with Crippen LogP contribution in [0, 0.1) is 5.92 Å². The second kappa shape index (κ2) is 7.09. The van der Waals surface area contributed by atoms with E-state index in [4.69, 9.17) is 11.6 Å². The van der Waals surface area contributed by atoms with Crippen molar-refractivity contribution in [1.29, 1.82) is 0 Å². The number of nitrogens with one attached hydrogen (secondary N) is 1. The maximum atomic E-state index is 12.1. The molecule has 1 aliphatic carbocycles. The van der Waals surface area contributed by atoms with Gasteiger partial charge in [0.2, 0.25) is 0 Å². The first-order valence-corrected chi connectivity index (χ1v) is 8.53. The topological polar surface area (TPSA) is 29.1 Å². The van der Waals surface area contributed by atoms with Crippen molar-refractivity contribution >= 4 is 49.4 Å². The molecule has 2 nitrogen and oxygen atoms in total. The van der Waals surface area contributed by atoms with Crippen molar-refractivity contribution in [3.05, 3.63) is 33.3 Å². The van der Waals surface area contributed by atoms with E-state index in [1.165, 1.54) is 25.7 Å². The number of carbonyl (C=O) groups excluding carboxylic acids is 1. The highest BCUT2D eigenvalue weighted by Gasteiger charge is 2.23. The molecule has 2 atom stereocenters. The van der Waals surface area contributed by atoms with Gasteiger partial charge in [-0.3, -0.25) is 4.79 Å². The predicted molar refractivity (Wildman–Crippen MR) is 86.2 cm³/mol. The Bertz CT molecular complexity index is 447. The molecule has 1 N–H and O–H groups in total. The van der Waals surface area contributed by atoms with Crippen molar-refractivity contribution in [3.8, 4) is 0 Å². The second-order valence-electron chi connectivity index (χ2n) is 4.93. The average Bonchev–Trinajstić information content (AvgIpc) is 2.36. The summed E-state index contributed by atoms with van der Waals surface area (Å²) in [5.74, 6) is 0.466. The highest BCUT2D eigenvalue weighted by Crippen LogP contribution is 2.29. The van der Waals surface area contributed by atoms with Gasteiger partial charge in [0.15, 0.2) is 0 Å². The van der Waals surface area contributed by atoms with Gasteiger partial charge in [0.1, 0.15) is 0 Å². The van der Waals surface area contributed by atoms with Crippen molar-refractivity contribution in [1.82, 2.24) is 5.32 Å². The smallest absolute Gasteiger partial charge is 0.251 e. The molecular weight excluding hydrogens is 393 g/mol. The lowest BCUT2D eigenvalue weighted by molar-refractivity contribution is 0.0944. The van der Waals surface area contributed by atoms with Crippen LogP contribution in [0.1, 0.15) is 36.0 Å². The lowest BCUT2D eigenvalue weighted by Gasteiger charge is -2.27. The molecule has 5 heteroatoms. The number of benzene rings is 1. The van der Waals surface area contributed by atoms with E-state index in [9.17, 15) is 4.79 Å². The number of carbonyl (C=O) groups is 1. The molecular formula is C14H16Br2ClNO. The van der Waals surface area contributed by atoms with Crippen LogP contribution in [0.3, 0.4) is 0 Å². The van der Waals surface area contributed by atoms with Crippen molar-refractivity contribution < 1.29 is 4.79 Å². The zero-order valence-electron chi connectivity index (χ0n) is 10.5. The van der Waals surface area contributed by atoms with Crippen LogP contribution in [-0.4, -0.2) is 17.3 Å². The quantitative estimate of drug-likeness (QED) is 0.715. The number of hydrogen-bond acceptors (Lipinski definition) is 1. The fourth-order valence-electron chi connectivity index (χ4n) is 2.40. The first-order valence-electron chi connectivity index (χ1n) is 6.44. The standard InChI is InChI=1S/C14H16Br2ClNO/c15-11-5-10(6-12(17)7-11)14(19)18-8-9-3-1-2-4-13(9)16/h5-7,9,13H,1-4,8H2,(H,18,19). The Labute approximate surface area is 135 Å². The Kier molecular flexibility index (Phi) is 5.72. The summed E-state index contributed by atoms with van der Waals surface area (Å²) in [6.45, 7) is 0.721. The van der Waals surface area contributed by atoms with E-state index in [1.54, 1.807) is 18.2 Å². The zero-order valence-corrected chi connectivity index (χ0v) is 14.4. The van der Waals surface area contributed by atoms with Crippen LogP contribution in [0.2, 0.25) is 5.02 Å². The van der Waals surface area contributed by atoms with Crippen molar-refractivity contribution in [3.63, 3.8) is 0 Å². The molecule has 1 aromatic rings. The van der Waals surface area contributed by atoms with Crippen molar-refractivity contribution in [2.24, 2.45) is 5.92 Å².